The zero-order valence-corrected chi connectivity index (χ0v) is 10.1. The predicted molar refractivity (Wildman–Crippen MR) is 60.3 cm³/mol. The third kappa shape index (κ3) is 3.99. The van der Waals surface area contributed by atoms with Gasteiger partial charge in [-0.15, -0.1) is 12.4 Å². The fourth-order valence-corrected chi connectivity index (χ4v) is 1.17. The minimum absolute atomic E-state index is 0. The Morgan fingerprint density at radius 2 is 2.29 bits per heavy atom. The number of furan rings is 1. The number of carbonyl (C=O) groups is 1. The van der Waals surface area contributed by atoms with E-state index >= 15 is 0 Å². The fourth-order valence-electron chi connectivity index (χ4n) is 1.17. The molecule has 0 aliphatic carbocycles. The molecule has 1 aromatic rings. The van der Waals surface area contributed by atoms with Gasteiger partial charge in [-0.25, -0.2) is 9.18 Å². The van der Waals surface area contributed by atoms with Crippen molar-refractivity contribution < 1.29 is 23.4 Å². The smallest absolute Gasteiger partial charge is 0.342 e. The second-order valence-electron chi connectivity index (χ2n) is 3.14. The monoisotopic (exact) mass is 267 g/mol. The molecule has 7 heteroatoms. The second-order valence-corrected chi connectivity index (χ2v) is 3.14. The molecule has 0 aliphatic heterocycles. The van der Waals surface area contributed by atoms with Gasteiger partial charge in [0.1, 0.15) is 24.2 Å². The molecule has 98 valence electrons. The Balaban J connectivity index is 0.00000256. The second kappa shape index (κ2) is 7.26. The van der Waals surface area contributed by atoms with Gasteiger partial charge < -0.3 is 20.0 Å². The number of hydrogen-bond acceptors (Lipinski definition) is 5. The number of rotatable bonds is 5. The third-order valence-electron chi connectivity index (χ3n) is 1.99. The third-order valence-corrected chi connectivity index (χ3v) is 1.99. The summed E-state index contributed by atoms with van der Waals surface area (Å²) in [4.78, 5) is 11.1. The van der Waals surface area contributed by atoms with Gasteiger partial charge in [0.2, 0.25) is 6.17 Å². The van der Waals surface area contributed by atoms with E-state index in [1.165, 1.54) is 12.1 Å². The van der Waals surface area contributed by atoms with Crippen molar-refractivity contribution in [2.75, 3.05) is 6.61 Å². The van der Waals surface area contributed by atoms with Gasteiger partial charge in [-0.1, -0.05) is 0 Å². The number of hydrogen-bond donors (Lipinski definition) is 2. The van der Waals surface area contributed by atoms with Gasteiger partial charge >= 0.3 is 5.97 Å². The lowest BCUT2D eigenvalue weighted by Crippen LogP contribution is -2.31. The average Bonchev–Trinajstić information content (AvgIpc) is 2.75. The van der Waals surface area contributed by atoms with Gasteiger partial charge in [0.25, 0.3) is 0 Å². The van der Waals surface area contributed by atoms with Crippen molar-refractivity contribution in [2.45, 2.75) is 25.7 Å². The topological polar surface area (TPSA) is 85.7 Å². The summed E-state index contributed by atoms with van der Waals surface area (Å²) in [6.07, 6.45) is -1.97. The summed E-state index contributed by atoms with van der Waals surface area (Å²) in [5, 5.41) is 8.74. The average molecular weight is 268 g/mol. The Labute approximate surface area is 104 Å². The molecule has 0 bridgehead atoms. The molecule has 0 radical (unpaired) electrons. The highest BCUT2D eigenvalue weighted by Crippen LogP contribution is 2.20. The molecule has 1 aromatic heterocycles. The van der Waals surface area contributed by atoms with Crippen LogP contribution in [0.5, 0.6) is 0 Å². The summed E-state index contributed by atoms with van der Waals surface area (Å²) in [5.41, 5.74) is 5.49. The van der Waals surface area contributed by atoms with Crippen LogP contribution in [0.2, 0.25) is 0 Å². The van der Waals surface area contributed by atoms with E-state index in [-0.39, 0.29) is 37.1 Å². The molecule has 0 amide bonds. The molecule has 0 spiro atoms. The maximum absolute atomic E-state index is 13.5. The van der Waals surface area contributed by atoms with Crippen molar-refractivity contribution in [3.8, 4) is 0 Å². The number of ether oxygens (including phenoxy) is 1. The maximum atomic E-state index is 13.5. The molecule has 1 rings (SSSR count). The predicted octanol–water partition coefficient (Wildman–Crippen LogP) is 1.09. The summed E-state index contributed by atoms with van der Waals surface area (Å²) in [6.45, 7) is 1.36. The van der Waals surface area contributed by atoms with Crippen molar-refractivity contribution in [1.29, 1.82) is 0 Å². The number of esters is 1. The van der Waals surface area contributed by atoms with Crippen LogP contribution in [0, 0.1) is 0 Å². The molecule has 0 saturated carbocycles. The van der Waals surface area contributed by atoms with E-state index in [9.17, 15) is 9.18 Å². The SMILES string of the molecule is CCOC(=O)C(F)[C@H](N)c1ccc(CO)o1.Cl. The van der Waals surface area contributed by atoms with Crippen molar-refractivity contribution in [3.05, 3.63) is 23.7 Å². The van der Waals surface area contributed by atoms with Crippen LogP contribution in [0.15, 0.2) is 16.5 Å². The Hall–Kier alpha value is -1.11. The van der Waals surface area contributed by atoms with Crippen molar-refractivity contribution in [1.82, 2.24) is 0 Å². The van der Waals surface area contributed by atoms with Crippen LogP contribution in [0.25, 0.3) is 0 Å². The van der Waals surface area contributed by atoms with Crippen LogP contribution in [-0.2, 0) is 16.1 Å². The normalized spacial score (nSPS) is 13.6. The van der Waals surface area contributed by atoms with Crippen molar-refractivity contribution in [2.24, 2.45) is 5.73 Å². The Morgan fingerprint density at radius 1 is 1.65 bits per heavy atom. The first-order valence-corrected chi connectivity index (χ1v) is 4.85. The van der Waals surface area contributed by atoms with Crippen molar-refractivity contribution >= 4 is 18.4 Å². The van der Waals surface area contributed by atoms with E-state index < -0.39 is 18.2 Å². The van der Waals surface area contributed by atoms with Crippen molar-refractivity contribution in [3.63, 3.8) is 0 Å². The maximum Gasteiger partial charge on any atom is 0.342 e. The molecule has 2 atom stereocenters. The molecule has 1 heterocycles. The number of aliphatic hydroxyl groups is 1. The zero-order chi connectivity index (χ0) is 12.1. The lowest BCUT2D eigenvalue weighted by atomic mass is 10.1. The summed E-state index contributed by atoms with van der Waals surface area (Å²) in [5.74, 6) is -0.650. The summed E-state index contributed by atoms with van der Waals surface area (Å²) < 4.78 is 23.0. The van der Waals surface area contributed by atoms with Gasteiger partial charge in [0, 0.05) is 0 Å². The highest BCUT2D eigenvalue weighted by Gasteiger charge is 2.29. The Kier molecular flexibility index (Phi) is 6.79. The molecular weight excluding hydrogens is 253 g/mol. The number of alkyl halides is 1. The van der Waals surface area contributed by atoms with Crippen LogP contribution >= 0.6 is 12.4 Å². The largest absolute Gasteiger partial charge is 0.464 e. The number of carbonyl (C=O) groups excluding carboxylic acids is 1. The lowest BCUT2D eigenvalue weighted by Gasteiger charge is -2.12. The van der Waals surface area contributed by atoms with Gasteiger partial charge in [-0.05, 0) is 19.1 Å². The van der Waals surface area contributed by atoms with E-state index in [2.05, 4.69) is 4.74 Å². The van der Waals surface area contributed by atoms with E-state index in [1.54, 1.807) is 6.92 Å². The summed E-state index contributed by atoms with van der Waals surface area (Å²) in [6, 6.07) is 1.66. The van der Waals surface area contributed by atoms with E-state index in [1.807, 2.05) is 0 Å². The van der Waals surface area contributed by atoms with Crippen LogP contribution < -0.4 is 5.73 Å². The van der Waals surface area contributed by atoms with E-state index in [4.69, 9.17) is 15.3 Å². The fraction of sp³-hybridized carbons (Fsp3) is 0.500. The van der Waals surface area contributed by atoms with Gasteiger partial charge in [0.05, 0.1) is 6.61 Å². The van der Waals surface area contributed by atoms with Gasteiger partial charge in [-0.3, -0.25) is 0 Å². The molecule has 3 N–H and O–H groups in total. The number of aliphatic hydroxyl groups excluding tert-OH is 1. The highest BCUT2D eigenvalue weighted by molar-refractivity contribution is 5.85. The molecule has 0 aliphatic rings. The minimum Gasteiger partial charge on any atom is -0.464 e. The van der Waals surface area contributed by atoms with Gasteiger partial charge in [-0.2, -0.15) is 0 Å². The van der Waals surface area contributed by atoms with Crippen LogP contribution in [-0.4, -0.2) is 23.9 Å². The molecule has 17 heavy (non-hydrogen) atoms. The van der Waals surface area contributed by atoms with Crippen LogP contribution in [0.1, 0.15) is 24.5 Å². The molecule has 0 fully saturated rings. The quantitative estimate of drug-likeness (QED) is 0.780. The minimum atomic E-state index is -1.97. The standard InChI is InChI=1S/C10H14FNO4.ClH/c1-2-15-10(14)8(11)9(12)7-4-3-6(5-13)16-7;/h3-4,8-9,13H,2,5,12H2,1H3;1H/t8?,9-;/m1./s1. The van der Waals surface area contributed by atoms with Crippen LogP contribution in [0.4, 0.5) is 4.39 Å². The molecular formula is C10H15ClFNO4. The molecule has 1 unspecified atom stereocenters. The molecule has 0 aromatic carbocycles. The van der Waals surface area contributed by atoms with Crippen LogP contribution in [0.3, 0.4) is 0 Å². The first-order chi connectivity index (χ1) is 7.60. The first kappa shape index (κ1) is 15.9. The molecule has 5 nitrogen and oxygen atoms in total. The first-order valence-electron chi connectivity index (χ1n) is 4.85. The van der Waals surface area contributed by atoms with E-state index in [0.29, 0.717) is 0 Å². The summed E-state index contributed by atoms with van der Waals surface area (Å²) >= 11 is 0. The zero-order valence-electron chi connectivity index (χ0n) is 9.26. The van der Waals surface area contributed by atoms with E-state index in [0.717, 1.165) is 0 Å². The molecule has 0 saturated heterocycles. The number of halogens is 2. The number of nitrogens with two attached hydrogens (primary N) is 1. The summed E-state index contributed by atoms with van der Waals surface area (Å²) in [7, 11) is 0. The highest BCUT2D eigenvalue weighted by atomic mass is 35.5. The Morgan fingerprint density at radius 3 is 2.76 bits per heavy atom. The lowest BCUT2D eigenvalue weighted by molar-refractivity contribution is -0.150. The van der Waals surface area contributed by atoms with Gasteiger partial charge in [0.15, 0.2) is 0 Å². The Bertz CT molecular complexity index is 358.